The van der Waals surface area contributed by atoms with Crippen molar-refractivity contribution < 1.29 is 14.1 Å². The van der Waals surface area contributed by atoms with Gasteiger partial charge in [-0.1, -0.05) is 18.0 Å². The lowest BCUT2D eigenvalue weighted by Gasteiger charge is -2.32. The van der Waals surface area contributed by atoms with Gasteiger partial charge in [-0.3, -0.25) is 9.59 Å². The van der Waals surface area contributed by atoms with Crippen molar-refractivity contribution in [1.29, 1.82) is 0 Å². The molecule has 0 radical (unpaired) electrons. The van der Waals surface area contributed by atoms with Gasteiger partial charge in [-0.25, -0.2) is 0 Å². The average Bonchev–Trinajstić information content (AvgIpc) is 3.30. The Labute approximate surface area is 147 Å². The van der Waals surface area contributed by atoms with Gasteiger partial charge in [0.15, 0.2) is 5.82 Å². The van der Waals surface area contributed by atoms with Crippen LogP contribution in [0.3, 0.4) is 0 Å². The van der Waals surface area contributed by atoms with Gasteiger partial charge >= 0.3 is 0 Å². The summed E-state index contributed by atoms with van der Waals surface area (Å²) in [5.74, 6) is 1.58. The standard InChI is InChI=1S/C18H26N4O3/c1-13-19-17(20-25-13)14-5-4-8-21(10-14)16(24)11-22-12-18(9-15(22)23)6-2-3-7-18/h14H,2-12H2,1H3. The number of carbonyl (C=O) groups excluding carboxylic acids is 2. The van der Waals surface area contributed by atoms with Crippen molar-refractivity contribution in [3.8, 4) is 0 Å². The van der Waals surface area contributed by atoms with Crippen LogP contribution in [-0.4, -0.2) is 57.9 Å². The summed E-state index contributed by atoms with van der Waals surface area (Å²) in [5.41, 5.74) is 0.157. The Kier molecular flexibility index (Phi) is 4.25. The minimum Gasteiger partial charge on any atom is -0.340 e. The summed E-state index contributed by atoms with van der Waals surface area (Å²) in [5, 5.41) is 4.01. The zero-order valence-corrected chi connectivity index (χ0v) is 14.9. The lowest BCUT2D eigenvalue weighted by atomic mass is 9.85. The molecule has 2 amide bonds. The van der Waals surface area contributed by atoms with Crippen LogP contribution in [0.1, 0.15) is 62.6 Å². The zero-order chi connectivity index (χ0) is 17.4. The van der Waals surface area contributed by atoms with Gasteiger partial charge in [-0.2, -0.15) is 4.98 Å². The van der Waals surface area contributed by atoms with E-state index in [1.54, 1.807) is 11.8 Å². The van der Waals surface area contributed by atoms with Gasteiger partial charge in [0, 0.05) is 38.9 Å². The molecule has 1 saturated carbocycles. The number of aryl methyl sites for hydroxylation is 1. The molecular weight excluding hydrogens is 320 g/mol. The van der Waals surface area contributed by atoms with Crippen LogP contribution >= 0.6 is 0 Å². The molecule has 1 aliphatic carbocycles. The molecule has 3 heterocycles. The van der Waals surface area contributed by atoms with Crippen LogP contribution in [0.15, 0.2) is 4.52 Å². The van der Waals surface area contributed by atoms with E-state index in [2.05, 4.69) is 10.1 Å². The second-order valence-corrected chi connectivity index (χ2v) is 7.98. The SMILES string of the molecule is Cc1nc(C2CCCN(C(=O)CN3CC4(CCCC4)CC3=O)C2)no1. The summed E-state index contributed by atoms with van der Waals surface area (Å²) in [6.07, 6.45) is 7.22. The molecule has 0 aromatic carbocycles. The number of aromatic nitrogens is 2. The average molecular weight is 346 g/mol. The number of piperidine rings is 1. The van der Waals surface area contributed by atoms with Crippen LogP contribution in [0.25, 0.3) is 0 Å². The fourth-order valence-corrected chi connectivity index (χ4v) is 4.74. The number of amides is 2. The van der Waals surface area contributed by atoms with E-state index in [4.69, 9.17) is 4.52 Å². The Hall–Kier alpha value is -1.92. The molecular formula is C18H26N4O3. The summed E-state index contributed by atoms with van der Waals surface area (Å²) < 4.78 is 5.07. The molecule has 25 heavy (non-hydrogen) atoms. The molecule has 7 heteroatoms. The number of carbonyl (C=O) groups is 2. The van der Waals surface area contributed by atoms with E-state index in [0.29, 0.717) is 24.7 Å². The van der Waals surface area contributed by atoms with E-state index < -0.39 is 0 Å². The first-order valence-electron chi connectivity index (χ1n) is 9.40. The first-order valence-corrected chi connectivity index (χ1v) is 9.40. The zero-order valence-electron chi connectivity index (χ0n) is 14.9. The van der Waals surface area contributed by atoms with Crippen molar-refractivity contribution >= 4 is 11.8 Å². The molecule has 1 aromatic rings. The molecule has 1 spiro atoms. The largest absolute Gasteiger partial charge is 0.340 e. The first-order chi connectivity index (χ1) is 12.0. The minimum atomic E-state index is 0.0494. The smallest absolute Gasteiger partial charge is 0.242 e. The van der Waals surface area contributed by atoms with Crippen LogP contribution < -0.4 is 0 Å². The molecule has 3 aliphatic rings. The summed E-state index contributed by atoms with van der Waals surface area (Å²) in [7, 11) is 0. The Bertz CT molecular complexity index is 665. The van der Waals surface area contributed by atoms with Crippen LogP contribution in [0.4, 0.5) is 0 Å². The summed E-state index contributed by atoms with van der Waals surface area (Å²) in [4.78, 5) is 33.1. The van der Waals surface area contributed by atoms with Gasteiger partial charge in [0.25, 0.3) is 0 Å². The van der Waals surface area contributed by atoms with E-state index >= 15 is 0 Å². The van der Waals surface area contributed by atoms with Crippen LogP contribution in [0, 0.1) is 12.3 Å². The summed E-state index contributed by atoms with van der Waals surface area (Å²) in [6.45, 7) is 4.13. The number of hydrogen-bond acceptors (Lipinski definition) is 5. The van der Waals surface area contributed by atoms with Gasteiger partial charge in [0.05, 0.1) is 6.54 Å². The highest BCUT2D eigenvalue weighted by Crippen LogP contribution is 2.45. The van der Waals surface area contributed by atoms with Crippen molar-refractivity contribution in [1.82, 2.24) is 19.9 Å². The Morgan fingerprint density at radius 2 is 2.12 bits per heavy atom. The normalized spacial score (nSPS) is 26.0. The molecule has 7 nitrogen and oxygen atoms in total. The van der Waals surface area contributed by atoms with Crippen molar-refractivity contribution in [2.45, 2.75) is 57.8 Å². The lowest BCUT2D eigenvalue weighted by Crippen LogP contribution is -2.45. The second-order valence-electron chi connectivity index (χ2n) is 7.98. The molecule has 3 fully saturated rings. The molecule has 0 bridgehead atoms. The minimum absolute atomic E-state index is 0.0494. The predicted octanol–water partition coefficient (Wildman–Crippen LogP) is 1.88. The van der Waals surface area contributed by atoms with Gasteiger partial charge in [0.1, 0.15) is 0 Å². The summed E-state index contributed by atoms with van der Waals surface area (Å²) >= 11 is 0. The van der Waals surface area contributed by atoms with E-state index in [1.165, 1.54) is 12.8 Å². The van der Waals surface area contributed by atoms with E-state index in [-0.39, 0.29) is 29.7 Å². The van der Waals surface area contributed by atoms with Gasteiger partial charge in [-0.15, -0.1) is 0 Å². The Morgan fingerprint density at radius 1 is 1.32 bits per heavy atom. The molecule has 1 unspecified atom stereocenters. The van der Waals surface area contributed by atoms with E-state index in [9.17, 15) is 9.59 Å². The van der Waals surface area contributed by atoms with Crippen molar-refractivity contribution in [2.24, 2.45) is 5.41 Å². The van der Waals surface area contributed by atoms with E-state index in [0.717, 1.165) is 38.8 Å². The quantitative estimate of drug-likeness (QED) is 0.835. The third kappa shape index (κ3) is 3.28. The molecule has 2 saturated heterocycles. The van der Waals surface area contributed by atoms with Crippen molar-refractivity contribution in [2.75, 3.05) is 26.2 Å². The van der Waals surface area contributed by atoms with Gasteiger partial charge in [0.2, 0.25) is 17.7 Å². The topological polar surface area (TPSA) is 79.5 Å². The molecule has 4 rings (SSSR count). The maximum absolute atomic E-state index is 12.8. The number of rotatable bonds is 3. The molecule has 1 atom stereocenters. The molecule has 136 valence electrons. The van der Waals surface area contributed by atoms with Gasteiger partial charge < -0.3 is 14.3 Å². The van der Waals surface area contributed by atoms with Gasteiger partial charge in [-0.05, 0) is 31.1 Å². The summed E-state index contributed by atoms with van der Waals surface area (Å²) in [6, 6.07) is 0. The van der Waals surface area contributed by atoms with Crippen LogP contribution in [0.2, 0.25) is 0 Å². The number of hydrogen-bond donors (Lipinski definition) is 0. The van der Waals surface area contributed by atoms with Crippen LogP contribution in [-0.2, 0) is 9.59 Å². The van der Waals surface area contributed by atoms with Crippen molar-refractivity contribution in [3.05, 3.63) is 11.7 Å². The molecule has 0 N–H and O–H groups in total. The fourth-order valence-electron chi connectivity index (χ4n) is 4.74. The highest BCUT2D eigenvalue weighted by molar-refractivity contribution is 5.86. The maximum atomic E-state index is 12.8. The Balaban J connectivity index is 1.37. The number of nitrogens with zero attached hydrogens (tertiary/aromatic N) is 4. The highest BCUT2D eigenvalue weighted by Gasteiger charge is 2.45. The number of likely N-dealkylation sites (tertiary alicyclic amines) is 2. The molecule has 1 aromatic heterocycles. The predicted molar refractivity (Wildman–Crippen MR) is 89.7 cm³/mol. The maximum Gasteiger partial charge on any atom is 0.242 e. The first kappa shape index (κ1) is 16.5. The third-order valence-corrected chi connectivity index (χ3v) is 6.08. The second kappa shape index (κ2) is 6.42. The Morgan fingerprint density at radius 3 is 2.84 bits per heavy atom. The monoisotopic (exact) mass is 346 g/mol. The van der Waals surface area contributed by atoms with Crippen molar-refractivity contribution in [3.63, 3.8) is 0 Å². The van der Waals surface area contributed by atoms with Crippen LogP contribution in [0.5, 0.6) is 0 Å². The molecule has 2 aliphatic heterocycles. The third-order valence-electron chi connectivity index (χ3n) is 6.08. The highest BCUT2D eigenvalue weighted by atomic mass is 16.5. The fraction of sp³-hybridized carbons (Fsp3) is 0.778. The van der Waals surface area contributed by atoms with E-state index in [1.807, 2.05) is 4.90 Å². The lowest BCUT2D eigenvalue weighted by molar-refractivity contribution is -0.139.